The average molecular weight is 550 g/mol. The van der Waals surface area contributed by atoms with Crippen molar-refractivity contribution in [1.29, 1.82) is 5.26 Å². The van der Waals surface area contributed by atoms with Gasteiger partial charge in [0.25, 0.3) is 5.92 Å². The number of likely N-dealkylation sites (tertiary alicyclic amines) is 1. The Bertz CT molecular complexity index is 965. The van der Waals surface area contributed by atoms with Gasteiger partial charge in [-0.05, 0) is 31.6 Å². The molecular formula is C24H32F5N5O4. The number of carbonyl (C=O) groups is 4. The van der Waals surface area contributed by atoms with Crippen molar-refractivity contribution in [1.82, 2.24) is 20.9 Å². The van der Waals surface area contributed by atoms with E-state index < -0.39 is 72.7 Å². The quantitative estimate of drug-likeness (QED) is 0.380. The summed E-state index contributed by atoms with van der Waals surface area (Å²) in [7, 11) is 0. The number of hydrogen-bond acceptors (Lipinski definition) is 5. The minimum atomic E-state index is -5.26. The van der Waals surface area contributed by atoms with Crippen LogP contribution in [-0.4, -0.2) is 71.3 Å². The second-order valence-electron chi connectivity index (χ2n) is 10.3. The fraction of sp³-hybridized carbons (Fsp3) is 0.792. The van der Waals surface area contributed by atoms with Crippen molar-refractivity contribution >= 4 is 23.6 Å². The molecule has 0 aromatic heterocycles. The SMILES string of the molecule is CC[C@H]1CC(F)(F)C[C@@H](C(=O)N[C@H](C#N)C[C@@H]2CCNC2=O)N1C(=O)[C@H](CC1CCC1)NC(=O)C(F)(F)F. The second kappa shape index (κ2) is 11.8. The topological polar surface area (TPSA) is 131 Å². The van der Waals surface area contributed by atoms with Crippen molar-refractivity contribution in [3.05, 3.63) is 0 Å². The molecule has 14 heteroatoms. The molecule has 4 amide bonds. The lowest BCUT2D eigenvalue weighted by molar-refractivity contribution is -0.177. The lowest BCUT2D eigenvalue weighted by Crippen LogP contribution is -2.65. The normalized spacial score (nSPS) is 26.9. The summed E-state index contributed by atoms with van der Waals surface area (Å²) in [6.45, 7) is 1.91. The zero-order valence-electron chi connectivity index (χ0n) is 21.0. The van der Waals surface area contributed by atoms with E-state index in [2.05, 4.69) is 10.6 Å². The predicted molar refractivity (Wildman–Crippen MR) is 122 cm³/mol. The molecule has 0 spiro atoms. The second-order valence-corrected chi connectivity index (χ2v) is 10.3. The summed E-state index contributed by atoms with van der Waals surface area (Å²) in [5, 5.41) is 16.2. The molecule has 9 nitrogen and oxygen atoms in total. The van der Waals surface area contributed by atoms with Crippen LogP contribution in [0.2, 0.25) is 0 Å². The van der Waals surface area contributed by atoms with Crippen LogP contribution < -0.4 is 16.0 Å². The number of alkyl halides is 5. The van der Waals surface area contributed by atoms with E-state index >= 15 is 0 Å². The molecule has 0 radical (unpaired) electrons. The predicted octanol–water partition coefficient (Wildman–Crippen LogP) is 2.16. The molecule has 3 rings (SSSR count). The van der Waals surface area contributed by atoms with Gasteiger partial charge in [0.05, 0.1) is 6.07 Å². The Kier molecular flexibility index (Phi) is 9.20. The largest absolute Gasteiger partial charge is 0.471 e. The van der Waals surface area contributed by atoms with Gasteiger partial charge >= 0.3 is 12.1 Å². The van der Waals surface area contributed by atoms with E-state index in [0.717, 1.165) is 11.3 Å². The van der Waals surface area contributed by atoms with Crippen molar-refractivity contribution in [3.8, 4) is 6.07 Å². The van der Waals surface area contributed by atoms with Crippen LogP contribution in [0.4, 0.5) is 22.0 Å². The standard InChI is InChI=1S/C24H32F5N5O4/c1-2-16-10-23(25,26)11-18(20(36)32-15(12-30)9-14-6-7-31-19(14)35)34(16)21(37)17(8-13-4-3-5-13)33-22(38)24(27,28)29/h13-18H,2-11H2,1H3,(H,31,35)(H,32,36)(H,33,38)/t14-,15-,16-,17-,18-/m0/s1. The molecule has 3 fully saturated rings. The molecule has 0 aromatic rings. The Morgan fingerprint density at radius 2 is 1.84 bits per heavy atom. The molecule has 2 aliphatic heterocycles. The van der Waals surface area contributed by atoms with Gasteiger partial charge in [-0.3, -0.25) is 19.2 Å². The molecule has 212 valence electrons. The van der Waals surface area contributed by atoms with Crippen LogP contribution in [-0.2, 0) is 19.2 Å². The van der Waals surface area contributed by atoms with Gasteiger partial charge in [-0.25, -0.2) is 8.78 Å². The Morgan fingerprint density at radius 1 is 1.16 bits per heavy atom. The molecule has 2 saturated heterocycles. The molecule has 5 atom stereocenters. The van der Waals surface area contributed by atoms with Gasteiger partial charge in [0.15, 0.2) is 0 Å². The summed E-state index contributed by atoms with van der Waals surface area (Å²) in [5.74, 6) is -8.77. The molecule has 2 heterocycles. The van der Waals surface area contributed by atoms with Crippen LogP contribution in [0.3, 0.4) is 0 Å². The van der Waals surface area contributed by atoms with E-state index in [1.165, 1.54) is 6.92 Å². The van der Waals surface area contributed by atoms with Crippen LogP contribution in [0.1, 0.15) is 64.7 Å². The monoisotopic (exact) mass is 549 g/mol. The van der Waals surface area contributed by atoms with Gasteiger partial charge in [-0.2, -0.15) is 18.4 Å². The molecule has 1 saturated carbocycles. The number of rotatable bonds is 9. The van der Waals surface area contributed by atoms with Crippen molar-refractivity contribution < 1.29 is 41.1 Å². The highest BCUT2D eigenvalue weighted by molar-refractivity contribution is 5.93. The average Bonchev–Trinajstić information content (AvgIpc) is 3.21. The fourth-order valence-electron chi connectivity index (χ4n) is 5.33. The van der Waals surface area contributed by atoms with Crippen molar-refractivity contribution in [2.24, 2.45) is 11.8 Å². The third kappa shape index (κ3) is 7.11. The van der Waals surface area contributed by atoms with Crippen LogP contribution in [0.5, 0.6) is 0 Å². The third-order valence-corrected chi connectivity index (χ3v) is 7.59. The Hall–Kier alpha value is -2.98. The number of nitrogens with zero attached hydrogens (tertiary/aromatic N) is 2. The number of amides is 4. The molecule has 3 aliphatic rings. The van der Waals surface area contributed by atoms with Gasteiger partial charge in [-0.15, -0.1) is 0 Å². The fourth-order valence-corrected chi connectivity index (χ4v) is 5.33. The molecule has 3 N–H and O–H groups in total. The van der Waals surface area contributed by atoms with Gasteiger partial charge < -0.3 is 20.9 Å². The first-order valence-electron chi connectivity index (χ1n) is 12.8. The van der Waals surface area contributed by atoms with Crippen LogP contribution >= 0.6 is 0 Å². The third-order valence-electron chi connectivity index (χ3n) is 7.59. The number of carbonyl (C=O) groups excluding carboxylic acids is 4. The number of hydrogen-bond donors (Lipinski definition) is 3. The lowest BCUT2D eigenvalue weighted by atomic mass is 9.80. The minimum Gasteiger partial charge on any atom is -0.356 e. The Morgan fingerprint density at radius 3 is 2.34 bits per heavy atom. The molecule has 38 heavy (non-hydrogen) atoms. The zero-order valence-corrected chi connectivity index (χ0v) is 21.0. The maximum absolute atomic E-state index is 14.7. The van der Waals surface area contributed by atoms with E-state index in [1.807, 2.05) is 6.07 Å². The first-order chi connectivity index (χ1) is 17.8. The van der Waals surface area contributed by atoms with Gasteiger partial charge in [-0.1, -0.05) is 26.2 Å². The highest BCUT2D eigenvalue weighted by Gasteiger charge is 2.52. The van der Waals surface area contributed by atoms with E-state index in [-0.39, 0.29) is 31.1 Å². The number of nitrogens with one attached hydrogen (secondary N) is 3. The van der Waals surface area contributed by atoms with E-state index in [1.54, 1.807) is 5.32 Å². The summed E-state index contributed by atoms with van der Waals surface area (Å²) in [6.07, 6.45) is -4.82. The van der Waals surface area contributed by atoms with Gasteiger partial charge in [0.2, 0.25) is 17.7 Å². The van der Waals surface area contributed by atoms with Crippen molar-refractivity contribution in [2.75, 3.05) is 6.54 Å². The van der Waals surface area contributed by atoms with Gasteiger partial charge in [0.1, 0.15) is 18.1 Å². The molecule has 0 aromatic carbocycles. The Balaban J connectivity index is 1.86. The van der Waals surface area contributed by atoms with Crippen LogP contribution in [0.25, 0.3) is 0 Å². The number of piperidine rings is 1. The number of nitriles is 1. The summed E-state index contributed by atoms with van der Waals surface area (Å²) in [5.41, 5.74) is 0. The molecule has 0 unspecified atom stereocenters. The minimum absolute atomic E-state index is 0.0155. The summed E-state index contributed by atoms with van der Waals surface area (Å²) >= 11 is 0. The number of halogens is 5. The highest BCUT2D eigenvalue weighted by atomic mass is 19.4. The highest BCUT2D eigenvalue weighted by Crippen LogP contribution is 2.38. The lowest BCUT2D eigenvalue weighted by Gasteiger charge is -2.46. The summed E-state index contributed by atoms with van der Waals surface area (Å²) in [4.78, 5) is 51.3. The maximum Gasteiger partial charge on any atom is 0.471 e. The molecular weight excluding hydrogens is 517 g/mol. The molecule has 1 aliphatic carbocycles. The first-order valence-corrected chi connectivity index (χ1v) is 12.8. The summed E-state index contributed by atoms with van der Waals surface area (Å²) < 4.78 is 68.4. The smallest absolute Gasteiger partial charge is 0.356 e. The zero-order chi connectivity index (χ0) is 28.3. The van der Waals surface area contributed by atoms with E-state index in [0.29, 0.717) is 25.8 Å². The summed E-state index contributed by atoms with van der Waals surface area (Å²) in [6, 6.07) is -4.00. The van der Waals surface area contributed by atoms with Crippen LogP contribution in [0.15, 0.2) is 0 Å². The first kappa shape index (κ1) is 29.6. The maximum atomic E-state index is 14.7. The van der Waals surface area contributed by atoms with Gasteiger partial charge in [0, 0.05) is 31.3 Å². The molecule has 0 bridgehead atoms. The van der Waals surface area contributed by atoms with E-state index in [9.17, 15) is 46.4 Å². The van der Waals surface area contributed by atoms with Crippen LogP contribution in [0, 0.1) is 23.2 Å². The van der Waals surface area contributed by atoms with E-state index in [4.69, 9.17) is 0 Å². The van der Waals surface area contributed by atoms with Crippen molar-refractivity contribution in [2.45, 2.75) is 101 Å². The van der Waals surface area contributed by atoms with Crippen molar-refractivity contribution in [3.63, 3.8) is 0 Å². The Labute approximate surface area is 216 Å².